The van der Waals surface area contributed by atoms with Crippen LogP contribution in [0.3, 0.4) is 0 Å². The molecule has 1 aromatic rings. The summed E-state index contributed by atoms with van der Waals surface area (Å²) in [6.45, 7) is 4.67. The van der Waals surface area contributed by atoms with E-state index in [0.717, 1.165) is 19.3 Å². The van der Waals surface area contributed by atoms with Crippen molar-refractivity contribution in [3.8, 4) is 0 Å². The van der Waals surface area contributed by atoms with E-state index in [1.807, 2.05) is 13.8 Å². The van der Waals surface area contributed by atoms with Gasteiger partial charge in [0.25, 0.3) is 5.56 Å². The van der Waals surface area contributed by atoms with E-state index in [1.54, 1.807) is 0 Å². The van der Waals surface area contributed by atoms with Gasteiger partial charge in [-0.2, -0.15) is 0 Å². The Bertz CT molecular complexity index is 535. The van der Waals surface area contributed by atoms with Crippen LogP contribution >= 0.6 is 0 Å². The average molecular weight is 284 g/mol. The van der Waals surface area contributed by atoms with Gasteiger partial charge in [-0.05, 0) is 12.8 Å². The Morgan fingerprint density at radius 2 is 2.05 bits per heavy atom. The minimum absolute atomic E-state index is 0.121. The number of aromatic nitrogens is 2. The highest BCUT2D eigenvalue weighted by atomic mass is 16.3. The van der Waals surface area contributed by atoms with Crippen LogP contribution in [-0.4, -0.2) is 27.3 Å². The third-order valence-corrected chi connectivity index (χ3v) is 3.11. The predicted molar refractivity (Wildman–Crippen MR) is 80.0 cm³/mol. The smallest absolute Gasteiger partial charge is 0.330 e. The van der Waals surface area contributed by atoms with Crippen LogP contribution in [0.2, 0.25) is 0 Å². The Morgan fingerprint density at radius 3 is 2.65 bits per heavy atom. The van der Waals surface area contributed by atoms with E-state index >= 15 is 0 Å². The van der Waals surface area contributed by atoms with Gasteiger partial charge in [0, 0.05) is 13.1 Å². The van der Waals surface area contributed by atoms with Crippen molar-refractivity contribution in [2.75, 3.05) is 17.6 Å². The van der Waals surface area contributed by atoms with Crippen molar-refractivity contribution in [3.63, 3.8) is 0 Å². The molecule has 0 aliphatic heterocycles. The van der Waals surface area contributed by atoms with Crippen LogP contribution in [0.5, 0.6) is 0 Å². The Labute approximate surface area is 117 Å². The number of rotatable bonds is 8. The van der Waals surface area contributed by atoms with Crippen LogP contribution in [0, 0.1) is 0 Å². The normalized spacial score (nSPS) is 12.3. The monoisotopic (exact) mass is 284 g/mol. The summed E-state index contributed by atoms with van der Waals surface area (Å²) in [6.07, 6.45) is 2.66. The molecule has 0 radical (unpaired) electrons. The molecule has 5 N–H and O–H groups in total. The maximum Gasteiger partial charge on any atom is 0.330 e. The molecule has 20 heavy (non-hydrogen) atoms. The highest BCUT2D eigenvalue weighted by Crippen LogP contribution is 2.11. The number of aliphatic hydroxyl groups is 1. The van der Waals surface area contributed by atoms with E-state index in [-0.39, 0.29) is 18.1 Å². The first kappa shape index (κ1) is 16.3. The molecule has 1 aromatic heterocycles. The Hall–Kier alpha value is -1.76. The van der Waals surface area contributed by atoms with Crippen molar-refractivity contribution in [1.29, 1.82) is 0 Å². The number of nitrogens with one attached hydrogen (secondary N) is 2. The molecule has 0 spiro atoms. The van der Waals surface area contributed by atoms with E-state index in [4.69, 9.17) is 5.73 Å². The molecule has 1 unspecified atom stereocenters. The summed E-state index contributed by atoms with van der Waals surface area (Å²) in [5, 5.41) is 12.5. The summed E-state index contributed by atoms with van der Waals surface area (Å²) < 4.78 is 1.35. The third-order valence-electron chi connectivity index (χ3n) is 3.11. The summed E-state index contributed by atoms with van der Waals surface area (Å²) >= 11 is 0. The number of H-pyrrole nitrogens is 1. The van der Waals surface area contributed by atoms with E-state index in [1.165, 1.54) is 4.57 Å². The van der Waals surface area contributed by atoms with Crippen molar-refractivity contribution in [1.82, 2.24) is 9.55 Å². The molecule has 0 aliphatic rings. The van der Waals surface area contributed by atoms with Gasteiger partial charge >= 0.3 is 5.69 Å². The fraction of sp³-hybridized carbons (Fsp3) is 0.692. The number of aliphatic hydroxyl groups excluding tert-OH is 1. The number of nitrogens with two attached hydrogens (primary N) is 1. The highest BCUT2D eigenvalue weighted by Gasteiger charge is 2.13. The Morgan fingerprint density at radius 1 is 1.35 bits per heavy atom. The van der Waals surface area contributed by atoms with E-state index in [0.29, 0.717) is 13.0 Å². The summed E-state index contributed by atoms with van der Waals surface area (Å²) in [6, 6.07) is 0. The fourth-order valence-electron chi connectivity index (χ4n) is 1.95. The lowest BCUT2D eigenvalue weighted by Crippen LogP contribution is -2.35. The standard InChI is InChI=1S/C13H24N4O3/c1-3-5-7-17-11(14)10(12(19)16-13(17)20)15-8-9(18)6-4-2/h9,15,18H,3-8,14H2,1-2H3,(H,16,19,20). The van der Waals surface area contributed by atoms with E-state index in [2.05, 4.69) is 10.3 Å². The predicted octanol–water partition coefficient (Wildman–Crippen LogP) is 0.492. The molecule has 114 valence electrons. The zero-order valence-corrected chi connectivity index (χ0v) is 12.1. The van der Waals surface area contributed by atoms with Gasteiger partial charge < -0.3 is 16.2 Å². The minimum Gasteiger partial charge on any atom is -0.391 e. The largest absolute Gasteiger partial charge is 0.391 e. The Kier molecular flexibility index (Phi) is 6.30. The molecule has 1 rings (SSSR count). The number of hydrogen-bond donors (Lipinski definition) is 4. The van der Waals surface area contributed by atoms with Crippen LogP contribution in [-0.2, 0) is 6.54 Å². The number of hydrogen-bond acceptors (Lipinski definition) is 5. The topological polar surface area (TPSA) is 113 Å². The zero-order chi connectivity index (χ0) is 15.1. The van der Waals surface area contributed by atoms with Gasteiger partial charge in [0.15, 0.2) is 0 Å². The van der Waals surface area contributed by atoms with Crippen LogP contribution in [0.25, 0.3) is 0 Å². The second-order valence-corrected chi connectivity index (χ2v) is 4.85. The lowest BCUT2D eigenvalue weighted by molar-refractivity contribution is 0.176. The summed E-state index contributed by atoms with van der Waals surface area (Å²) in [5.74, 6) is 0.121. The molecular weight excluding hydrogens is 260 g/mol. The zero-order valence-electron chi connectivity index (χ0n) is 12.1. The SMILES string of the molecule is CCCCn1c(N)c(NCC(O)CCC)c(=O)[nH]c1=O. The lowest BCUT2D eigenvalue weighted by Gasteiger charge is -2.15. The second-order valence-electron chi connectivity index (χ2n) is 4.85. The third kappa shape index (κ3) is 4.12. The maximum atomic E-state index is 11.8. The lowest BCUT2D eigenvalue weighted by atomic mass is 10.2. The van der Waals surface area contributed by atoms with Crippen molar-refractivity contribution < 1.29 is 5.11 Å². The summed E-state index contributed by atoms with van der Waals surface area (Å²) in [4.78, 5) is 25.7. The van der Waals surface area contributed by atoms with Crippen molar-refractivity contribution >= 4 is 11.5 Å². The summed E-state index contributed by atoms with van der Waals surface area (Å²) in [5.41, 5.74) is 4.98. The average Bonchev–Trinajstić information content (AvgIpc) is 2.38. The van der Waals surface area contributed by atoms with Gasteiger partial charge in [-0.25, -0.2) is 4.79 Å². The molecule has 0 saturated heterocycles. The quantitative estimate of drug-likeness (QED) is 0.555. The Balaban J connectivity index is 2.95. The number of aromatic amines is 1. The summed E-state index contributed by atoms with van der Waals surface area (Å²) in [7, 11) is 0. The van der Waals surface area contributed by atoms with E-state index in [9.17, 15) is 14.7 Å². The molecular formula is C13H24N4O3. The van der Waals surface area contributed by atoms with Crippen LogP contribution in [0.1, 0.15) is 39.5 Å². The van der Waals surface area contributed by atoms with E-state index < -0.39 is 17.4 Å². The van der Waals surface area contributed by atoms with Crippen molar-refractivity contribution in [2.45, 2.75) is 52.2 Å². The molecule has 0 saturated carbocycles. The van der Waals surface area contributed by atoms with Gasteiger partial charge in [-0.1, -0.05) is 26.7 Å². The minimum atomic E-state index is -0.552. The van der Waals surface area contributed by atoms with Gasteiger partial charge in [0.2, 0.25) is 0 Å². The molecule has 0 amide bonds. The molecule has 0 fully saturated rings. The number of unbranched alkanes of at least 4 members (excludes halogenated alkanes) is 1. The molecule has 1 atom stereocenters. The molecule has 0 bridgehead atoms. The first-order chi connectivity index (χ1) is 9.51. The second kappa shape index (κ2) is 7.74. The molecule has 0 aliphatic carbocycles. The van der Waals surface area contributed by atoms with Crippen LogP contribution in [0.4, 0.5) is 11.5 Å². The fourth-order valence-corrected chi connectivity index (χ4v) is 1.95. The molecule has 1 heterocycles. The van der Waals surface area contributed by atoms with Gasteiger partial charge in [-0.15, -0.1) is 0 Å². The first-order valence-electron chi connectivity index (χ1n) is 7.05. The number of nitrogen functional groups attached to an aromatic ring is 1. The molecule has 7 heteroatoms. The molecule has 7 nitrogen and oxygen atoms in total. The van der Waals surface area contributed by atoms with Crippen LogP contribution in [0.15, 0.2) is 9.59 Å². The van der Waals surface area contributed by atoms with Gasteiger partial charge in [0.1, 0.15) is 11.5 Å². The van der Waals surface area contributed by atoms with Crippen molar-refractivity contribution in [3.05, 3.63) is 20.8 Å². The van der Waals surface area contributed by atoms with Gasteiger partial charge in [-0.3, -0.25) is 14.3 Å². The first-order valence-corrected chi connectivity index (χ1v) is 7.05. The van der Waals surface area contributed by atoms with Crippen LogP contribution < -0.4 is 22.3 Å². The number of anilines is 2. The number of nitrogens with zero attached hydrogens (tertiary/aromatic N) is 1. The van der Waals surface area contributed by atoms with Gasteiger partial charge in [0.05, 0.1) is 6.10 Å². The maximum absolute atomic E-state index is 11.8. The highest BCUT2D eigenvalue weighted by molar-refractivity contribution is 5.60. The molecule has 0 aromatic carbocycles. The van der Waals surface area contributed by atoms with Crippen molar-refractivity contribution in [2.24, 2.45) is 0 Å².